The molecule has 0 aliphatic carbocycles. The van der Waals surface area contributed by atoms with E-state index in [9.17, 15) is 0 Å². The molecule has 2 aromatic rings. The van der Waals surface area contributed by atoms with Gasteiger partial charge < -0.3 is 9.64 Å². The monoisotopic (exact) mass is 281 g/mol. The highest BCUT2D eigenvalue weighted by molar-refractivity contribution is 5.42. The molecule has 0 spiro atoms. The highest BCUT2D eigenvalue weighted by Gasteiger charge is 2.24. The molecular weight excluding hydrogens is 266 g/mol. The van der Waals surface area contributed by atoms with Gasteiger partial charge in [0.25, 0.3) is 0 Å². The normalized spacial score (nSPS) is 17.5. The Kier molecular flexibility index (Phi) is 3.92. The molecule has 1 unspecified atom stereocenters. The summed E-state index contributed by atoms with van der Waals surface area (Å²) in [6.07, 6.45) is 5.90. The van der Waals surface area contributed by atoms with Crippen molar-refractivity contribution in [3.63, 3.8) is 0 Å². The van der Waals surface area contributed by atoms with E-state index in [1.807, 2.05) is 12.1 Å². The SMILES string of the molecule is N#Cc1cccc(N2CCC(COc3cnccn3)C2)n1. The second kappa shape index (κ2) is 6.18. The molecule has 106 valence electrons. The van der Waals surface area contributed by atoms with E-state index in [0.717, 1.165) is 25.3 Å². The highest BCUT2D eigenvalue weighted by atomic mass is 16.5. The standard InChI is InChI=1S/C15H15N5O/c16-8-13-2-1-3-14(19-13)20-7-4-12(10-20)11-21-15-9-17-5-6-18-15/h1-3,5-6,9,12H,4,7,10-11H2. The van der Waals surface area contributed by atoms with E-state index in [2.05, 4.69) is 25.9 Å². The smallest absolute Gasteiger partial charge is 0.232 e. The van der Waals surface area contributed by atoms with Gasteiger partial charge in [0.15, 0.2) is 0 Å². The van der Waals surface area contributed by atoms with Gasteiger partial charge in [-0.15, -0.1) is 0 Å². The first kappa shape index (κ1) is 13.3. The second-order valence-electron chi connectivity index (χ2n) is 4.95. The van der Waals surface area contributed by atoms with E-state index in [1.165, 1.54) is 0 Å². The summed E-state index contributed by atoms with van der Waals surface area (Å²) < 4.78 is 5.65. The molecule has 0 N–H and O–H groups in total. The van der Waals surface area contributed by atoms with E-state index in [4.69, 9.17) is 10.00 Å². The minimum Gasteiger partial charge on any atom is -0.476 e. The molecule has 0 saturated carbocycles. The summed E-state index contributed by atoms with van der Waals surface area (Å²) in [5.41, 5.74) is 0.451. The summed E-state index contributed by atoms with van der Waals surface area (Å²) in [7, 11) is 0. The third kappa shape index (κ3) is 3.26. The van der Waals surface area contributed by atoms with Crippen LogP contribution in [0.3, 0.4) is 0 Å². The number of aromatic nitrogens is 3. The van der Waals surface area contributed by atoms with Crippen LogP contribution in [0.15, 0.2) is 36.8 Å². The molecule has 0 aromatic carbocycles. The maximum Gasteiger partial charge on any atom is 0.232 e. The Morgan fingerprint density at radius 3 is 3.14 bits per heavy atom. The Hall–Kier alpha value is -2.68. The van der Waals surface area contributed by atoms with Gasteiger partial charge in [-0.05, 0) is 18.6 Å². The molecule has 1 aliphatic rings. The van der Waals surface area contributed by atoms with Crippen molar-refractivity contribution in [1.29, 1.82) is 5.26 Å². The van der Waals surface area contributed by atoms with Crippen LogP contribution < -0.4 is 9.64 Å². The van der Waals surface area contributed by atoms with Gasteiger partial charge >= 0.3 is 0 Å². The molecule has 0 bridgehead atoms. The molecule has 1 atom stereocenters. The average molecular weight is 281 g/mol. The molecule has 1 fully saturated rings. The Labute approximate surface area is 123 Å². The molecule has 1 aliphatic heterocycles. The van der Waals surface area contributed by atoms with Gasteiger partial charge in [-0.1, -0.05) is 6.07 Å². The van der Waals surface area contributed by atoms with E-state index in [1.54, 1.807) is 24.7 Å². The summed E-state index contributed by atoms with van der Waals surface area (Å²) in [5.74, 6) is 1.84. The number of ether oxygens (including phenoxy) is 1. The van der Waals surface area contributed by atoms with E-state index in [0.29, 0.717) is 24.1 Å². The number of nitriles is 1. The Morgan fingerprint density at radius 1 is 1.38 bits per heavy atom. The zero-order chi connectivity index (χ0) is 14.5. The van der Waals surface area contributed by atoms with E-state index < -0.39 is 0 Å². The largest absolute Gasteiger partial charge is 0.476 e. The van der Waals surface area contributed by atoms with Crippen LogP contribution in [0, 0.1) is 17.2 Å². The Bertz CT molecular complexity index is 640. The molecular formula is C15H15N5O. The van der Waals surface area contributed by atoms with Gasteiger partial charge in [-0.2, -0.15) is 5.26 Å². The summed E-state index contributed by atoms with van der Waals surface area (Å²) in [6.45, 7) is 2.42. The van der Waals surface area contributed by atoms with Gasteiger partial charge in [-0.25, -0.2) is 9.97 Å². The van der Waals surface area contributed by atoms with Crippen LogP contribution in [0.5, 0.6) is 5.88 Å². The number of anilines is 1. The maximum absolute atomic E-state index is 8.90. The number of pyridine rings is 1. The first-order chi connectivity index (χ1) is 10.3. The molecule has 3 rings (SSSR count). The van der Waals surface area contributed by atoms with Crippen LogP contribution in [0.4, 0.5) is 5.82 Å². The molecule has 0 amide bonds. The van der Waals surface area contributed by atoms with E-state index >= 15 is 0 Å². The number of hydrogen-bond donors (Lipinski definition) is 0. The fourth-order valence-corrected chi connectivity index (χ4v) is 2.40. The summed E-state index contributed by atoms with van der Waals surface area (Å²) in [6, 6.07) is 7.59. The quantitative estimate of drug-likeness (QED) is 0.848. The van der Waals surface area contributed by atoms with Crippen molar-refractivity contribution >= 4 is 5.82 Å². The van der Waals surface area contributed by atoms with Crippen molar-refractivity contribution in [2.24, 2.45) is 5.92 Å². The van der Waals surface area contributed by atoms with Gasteiger partial charge in [0, 0.05) is 31.4 Å². The Morgan fingerprint density at radius 2 is 2.33 bits per heavy atom. The third-order valence-electron chi connectivity index (χ3n) is 3.47. The number of nitrogens with zero attached hydrogens (tertiary/aromatic N) is 5. The van der Waals surface area contributed by atoms with Crippen LogP contribution in [0.25, 0.3) is 0 Å². The van der Waals surface area contributed by atoms with Crippen molar-refractivity contribution in [2.45, 2.75) is 6.42 Å². The fourth-order valence-electron chi connectivity index (χ4n) is 2.40. The molecule has 3 heterocycles. The third-order valence-corrected chi connectivity index (χ3v) is 3.47. The van der Waals surface area contributed by atoms with Crippen LogP contribution in [0.2, 0.25) is 0 Å². The van der Waals surface area contributed by atoms with Crippen LogP contribution in [-0.2, 0) is 0 Å². The van der Waals surface area contributed by atoms with Crippen LogP contribution >= 0.6 is 0 Å². The fraction of sp³-hybridized carbons (Fsp3) is 0.333. The maximum atomic E-state index is 8.90. The van der Waals surface area contributed by atoms with Crippen molar-refractivity contribution in [3.05, 3.63) is 42.5 Å². The van der Waals surface area contributed by atoms with Crippen LogP contribution in [0.1, 0.15) is 12.1 Å². The summed E-state index contributed by atoms with van der Waals surface area (Å²) in [4.78, 5) is 14.6. The van der Waals surface area contributed by atoms with Crippen molar-refractivity contribution in [2.75, 3.05) is 24.6 Å². The van der Waals surface area contributed by atoms with Crippen molar-refractivity contribution in [3.8, 4) is 11.9 Å². The first-order valence-corrected chi connectivity index (χ1v) is 6.86. The van der Waals surface area contributed by atoms with Gasteiger partial charge in [-0.3, -0.25) is 4.98 Å². The molecule has 1 saturated heterocycles. The minimum atomic E-state index is 0.430. The molecule has 0 radical (unpaired) electrons. The Balaban J connectivity index is 1.57. The van der Waals surface area contributed by atoms with Gasteiger partial charge in [0.05, 0.1) is 12.8 Å². The predicted molar refractivity (Wildman–Crippen MR) is 76.8 cm³/mol. The lowest BCUT2D eigenvalue weighted by atomic mass is 10.1. The lowest BCUT2D eigenvalue weighted by molar-refractivity contribution is 0.251. The average Bonchev–Trinajstić information content (AvgIpc) is 3.03. The zero-order valence-electron chi connectivity index (χ0n) is 11.5. The summed E-state index contributed by atoms with van der Waals surface area (Å²) in [5, 5.41) is 8.90. The van der Waals surface area contributed by atoms with Crippen molar-refractivity contribution in [1.82, 2.24) is 15.0 Å². The molecule has 2 aromatic heterocycles. The zero-order valence-corrected chi connectivity index (χ0v) is 11.5. The molecule has 21 heavy (non-hydrogen) atoms. The molecule has 6 nitrogen and oxygen atoms in total. The van der Waals surface area contributed by atoms with Gasteiger partial charge in [0.2, 0.25) is 5.88 Å². The van der Waals surface area contributed by atoms with Crippen molar-refractivity contribution < 1.29 is 4.74 Å². The highest BCUT2D eigenvalue weighted by Crippen LogP contribution is 2.22. The topological polar surface area (TPSA) is 74.9 Å². The van der Waals surface area contributed by atoms with E-state index in [-0.39, 0.29) is 0 Å². The first-order valence-electron chi connectivity index (χ1n) is 6.86. The van der Waals surface area contributed by atoms with Crippen LogP contribution in [-0.4, -0.2) is 34.6 Å². The van der Waals surface area contributed by atoms with Gasteiger partial charge in [0.1, 0.15) is 17.6 Å². The number of rotatable bonds is 4. The summed E-state index contributed by atoms with van der Waals surface area (Å²) >= 11 is 0. The lowest BCUT2D eigenvalue weighted by Gasteiger charge is -2.17. The molecule has 6 heteroatoms. The lowest BCUT2D eigenvalue weighted by Crippen LogP contribution is -2.23. The number of hydrogen-bond acceptors (Lipinski definition) is 6. The predicted octanol–water partition coefficient (Wildman–Crippen LogP) is 1.65. The second-order valence-corrected chi connectivity index (χ2v) is 4.95. The minimum absolute atomic E-state index is 0.430.